The molecule has 0 saturated carbocycles. The van der Waals surface area contributed by atoms with Crippen LogP contribution in [0.5, 0.6) is 0 Å². The molecule has 142 valence electrons. The van der Waals surface area contributed by atoms with E-state index in [1.165, 1.54) is 24.3 Å². The summed E-state index contributed by atoms with van der Waals surface area (Å²) in [4.78, 5) is 14.2. The SMILES string of the molecule is O=[N+]([O-])c1ccc(S(=O)(=O)N2CCN=C2SCc2c(F)cccc2Cl)cc1. The van der Waals surface area contributed by atoms with E-state index in [2.05, 4.69) is 4.99 Å². The Morgan fingerprint density at radius 1 is 1.26 bits per heavy atom. The van der Waals surface area contributed by atoms with Gasteiger partial charge in [0.15, 0.2) is 5.17 Å². The molecule has 1 aliphatic rings. The first-order valence-corrected chi connectivity index (χ1v) is 10.5. The molecule has 1 aliphatic heterocycles. The summed E-state index contributed by atoms with van der Waals surface area (Å²) < 4.78 is 40.7. The summed E-state index contributed by atoms with van der Waals surface area (Å²) in [5.74, 6) is -0.352. The number of amidine groups is 1. The average Bonchev–Trinajstić information content (AvgIpc) is 3.11. The Labute approximate surface area is 164 Å². The normalized spacial score (nSPS) is 14.3. The molecule has 2 aromatic rings. The quantitative estimate of drug-likeness (QED) is 0.534. The molecule has 7 nitrogen and oxygen atoms in total. The molecule has 11 heteroatoms. The number of thioether (sulfide) groups is 1. The van der Waals surface area contributed by atoms with Gasteiger partial charge in [0.2, 0.25) is 0 Å². The van der Waals surface area contributed by atoms with Crippen LogP contribution in [0.1, 0.15) is 5.56 Å². The zero-order valence-corrected chi connectivity index (χ0v) is 16.1. The van der Waals surface area contributed by atoms with Crippen molar-refractivity contribution in [2.75, 3.05) is 13.1 Å². The van der Waals surface area contributed by atoms with E-state index in [1.54, 1.807) is 6.07 Å². The van der Waals surface area contributed by atoms with Crippen LogP contribution in [0.15, 0.2) is 52.4 Å². The van der Waals surface area contributed by atoms with Gasteiger partial charge in [0.1, 0.15) is 5.82 Å². The molecule has 2 aromatic carbocycles. The van der Waals surface area contributed by atoms with Crippen molar-refractivity contribution in [3.05, 3.63) is 69.0 Å². The molecule has 0 radical (unpaired) electrons. The topological polar surface area (TPSA) is 92.9 Å². The predicted molar refractivity (Wildman–Crippen MR) is 102 cm³/mol. The fourth-order valence-electron chi connectivity index (χ4n) is 2.43. The van der Waals surface area contributed by atoms with Gasteiger partial charge < -0.3 is 0 Å². The van der Waals surface area contributed by atoms with Gasteiger partial charge in [0.05, 0.1) is 22.9 Å². The highest BCUT2D eigenvalue weighted by molar-refractivity contribution is 8.14. The highest BCUT2D eigenvalue weighted by Crippen LogP contribution is 2.29. The summed E-state index contributed by atoms with van der Waals surface area (Å²) in [7, 11) is -3.92. The lowest BCUT2D eigenvalue weighted by molar-refractivity contribution is -0.384. The number of rotatable bonds is 5. The third kappa shape index (κ3) is 4.07. The third-order valence-electron chi connectivity index (χ3n) is 3.81. The Kier molecular flexibility index (Phi) is 5.68. The first-order chi connectivity index (χ1) is 12.8. The minimum absolute atomic E-state index is 0.0766. The second-order valence-corrected chi connectivity index (χ2v) is 8.69. The minimum atomic E-state index is -3.92. The fourth-order valence-corrected chi connectivity index (χ4v) is 5.49. The Hall–Kier alpha value is -2.17. The summed E-state index contributed by atoms with van der Waals surface area (Å²) in [6, 6.07) is 8.96. The van der Waals surface area contributed by atoms with Gasteiger partial charge in [-0.05, 0) is 24.3 Å². The number of halogens is 2. The number of nitro groups is 1. The van der Waals surface area contributed by atoms with Crippen molar-refractivity contribution in [2.45, 2.75) is 10.6 Å². The summed E-state index contributed by atoms with van der Waals surface area (Å²) in [5.41, 5.74) is 0.0688. The Morgan fingerprint density at radius 2 is 1.96 bits per heavy atom. The van der Waals surface area contributed by atoms with E-state index in [9.17, 15) is 22.9 Å². The number of sulfonamides is 1. The summed E-state index contributed by atoms with van der Waals surface area (Å²) in [6.45, 7) is 0.423. The molecule has 1 heterocycles. The summed E-state index contributed by atoms with van der Waals surface area (Å²) >= 11 is 7.06. The first-order valence-electron chi connectivity index (χ1n) is 7.68. The number of hydrogen-bond acceptors (Lipinski definition) is 6. The number of nitrogens with zero attached hydrogens (tertiary/aromatic N) is 3. The highest BCUT2D eigenvalue weighted by atomic mass is 35.5. The summed E-state index contributed by atoms with van der Waals surface area (Å²) in [5, 5.41) is 11.2. The number of hydrogen-bond donors (Lipinski definition) is 0. The standard InChI is InChI=1S/C16H13ClFN3O4S2/c17-14-2-1-3-15(18)13(14)10-26-16-19-8-9-20(16)27(24,25)12-6-4-11(5-7-12)21(22)23/h1-7H,8-10H2. The van der Waals surface area contributed by atoms with Crippen LogP contribution in [0.3, 0.4) is 0 Å². The minimum Gasteiger partial charge on any atom is -0.260 e. The van der Waals surface area contributed by atoms with Gasteiger partial charge in [-0.15, -0.1) is 0 Å². The van der Waals surface area contributed by atoms with E-state index >= 15 is 0 Å². The van der Waals surface area contributed by atoms with E-state index in [0.29, 0.717) is 0 Å². The molecular formula is C16H13ClFN3O4S2. The molecule has 3 rings (SSSR count). The van der Waals surface area contributed by atoms with Crippen LogP contribution in [0, 0.1) is 15.9 Å². The molecule has 0 spiro atoms. The zero-order valence-electron chi connectivity index (χ0n) is 13.7. The van der Waals surface area contributed by atoms with Crippen LogP contribution in [0.25, 0.3) is 0 Å². The van der Waals surface area contributed by atoms with E-state index in [-0.39, 0.29) is 45.2 Å². The number of nitro benzene ring substituents is 1. The van der Waals surface area contributed by atoms with Crippen LogP contribution in [0.4, 0.5) is 10.1 Å². The van der Waals surface area contributed by atoms with Crippen molar-refractivity contribution in [3.63, 3.8) is 0 Å². The number of non-ortho nitro benzene ring substituents is 1. The maximum atomic E-state index is 13.9. The van der Waals surface area contributed by atoms with E-state index < -0.39 is 20.8 Å². The molecule has 0 aliphatic carbocycles. The van der Waals surface area contributed by atoms with E-state index in [4.69, 9.17) is 11.6 Å². The second kappa shape index (κ2) is 7.83. The zero-order chi connectivity index (χ0) is 19.6. The third-order valence-corrected chi connectivity index (χ3v) is 7.12. The molecule has 0 saturated heterocycles. The van der Waals surface area contributed by atoms with Gasteiger partial charge in [-0.25, -0.2) is 17.1 Å². The highest BCUT2D eigenvalue weighted by Gasteiger charge is 2.31. The number of benzene rings is 2. The van der Waals surface area contributed by atoms with Gasteiger partial charge in [0, 0.05) is 28.5 Å². The van der Waals surface area contributed by atoms with Crippen LogP contribution in [-0.2, 0) is 15.8 Å². The van der Waals surface area contributed by atoms with Crippen LogP contribution >= 0.6 is 23.4 Å². The van der Waals surface area contributed by atoms with Crippen molar-refractivity contribution in [1.29, 1.82) is 0 Å². The predicted octanol–water partition coefficient (Wildman–Crippen LogP) is 3.68. The smallest absolute Gasteiger partial charge is 0.260 e. The maximum Gasteiger partial charge on any atom is 0.269 e. The lowest BCUT2D eigenvalue weighted by atomic mass is 10.2. The van der Waals surface area contributed by atoms with Gasteiger partial charge in [-0.3, -0.25) is 15.1 Å². The van der Waals surface area contributed by atoms with Crippen LogP contribution < -0.4 is 0 Å². The average molecular weight is 430 g/mol. The lowest BCUT2D eigenvalue weighted by Crippen LogP contribution is -2.32. The molecule has 0 fully saturated rings. The van der Waals surface area contributed by atoms with Gasteiger partial charge in [-0.1, -0.05) is 29.4 Å². The number of aliphatic imine (C=N–C) groups is 1. The van der Waals surface area contributed by atoms with Crippen molar-refractivity contribution in [2.24, 2.45) is 4.99 Å². The van der Waals surface area contributed by atoms with Gasteiger partial charge in [-0.2, -0.15) is 0 Å². The van der Waals surface area contributed by atoms with Crippen molar-refractivity contribution in [1.82, 2.24) is 4.31 Å². The van der Waals surface area contributed by atoms with Gasteiger partial charge in [0.25, 0.3) is 15.7 Å². The molecule has 0 unspecified atom stereocenters. The largest absolute Gasteiger partial charge is 0.269 e. The lowest BCUT2D eigenvalue weighted by Gasteiger charge is -2.20. The molecule has 0 bridgehead atoms. The van der Waals surface area contributed by atoms with Crippen LogP contribution in [-0.4, -0.2) is 35.9 Å². The van der Waals surface area contributed by atoms with Crippen molar-refractivity contribution in [3.8, 4) is 0 Å². The van der Waals surface area contributed by atoms with E-state index in [1.807, 2.05) is 0 Å². The van der Waals surface area contributed by atoms with Crippen molar-refractivity contribution >= 4 is 44.2 Å². The maximum absolute atomic E-state index is 13.9. The molecule has 0 amide bonds. The second-order valence-electron chi connectivity index (χ2n) is 5.48. The summed E-state index contributed by atoms with van der Waals surface area (Å²) in [6.07, 6.45) is 0. The van der Waals surface area contributed by atoms with Gasteiger partial charge >= 0.3 is 0 Å². The fraction of sp³-hybridized carbons (Fsp3) is 0.188. The molecule has 0 aromatic heterocycles. The Morgan fingerprint density at radius 3 is 2.59 bits per heavy atom. The Bertz CT molecular complexity index is 993. The van der Waals surface area contributed by atoms with Crippen molar-refractivity contribution < 1.29 is 17.7 Å². The van der Waals surface area contributed by atoms with Crippen LogP contribution in [0.2, 0.25) is 5.02 Å². The first kappa shape index (κ1) is 19.6. The Balaban J connectivity index is 1.79. The monoisotopic (exact) mass is 429 g/mol. The van der Waals surface area contributed by atoms with E-state index in [0.717, 1.165) is 28.2 Å². The molecule has 0 N–H and O–H groups in total. The molecular weight excluding hydrogens is 417 g/mol. The molecule has 0 atom stereocenters. The molecule has 27 heavy (non-hydrogen) atoms.